The first-order valence-electron chi connectivity index (χ1n) is 7.31. The Hall–Kier alpha value is -2.13. The molecule has 0 aliphatic heterocycles. The first-order valence-corrected chi connectivity index (χ1v) is 7.31. The molecule has 0 aromatic rings. The van der Waals surface area contributed by atoms with Crippen LogP contribution in [-0.2, 0) is 19.1 Å². The van der Waals surface area contributed by atoms with Crippen molar-refractivity contribution in [1.82, 2.24) is 15.5 Å². The fraction of sp³-hybridized carbons (Fsp3) is 0.643. The van der Waals surface area contributed by atoms with Crippen LogP contribution in [0, 0.1) is 0 Å². The van der Waals surface area contributed by atoms with E-state index in [9.17, 15) is 14.4 Å². The number of methoxy groups -OCH3 is 1. The van der Waals surface area contributed by atoms with E-state index < -0.39 is 11.9 Å². The maximum absolute atomic E-state index is 11.6. The number of hydrogen-bond donors (Lipinski definition) is 3. The van der Waals surface area contributed by atoms with E-state index in [-0.39, 0.29) is 24.6 Å². The molecule has 9 heteroatoms. The van der Waals surface area contributed by atoms with Gasteiger partial charge in [0.05, 0.1) is 26.5 Å². The lowest BCUT2D eigenvalue weighted by atomic mass is 10.3. The van der Waals surface area contributed by atoms with Crippen molar-refractivity contribution in [2.45, 2.75) is 13.8 Å². The number of carbonyl (C=O) groups is 3. The summed E-state index contributed by atoms with van der Waals surface area (Å²) in [5, 5.41) is 4.69. The minimum atomic E-state index is -0.623. The maximum atomic E-state index is 11.6. The minimum Gasteiger partial charge on any atom is -0.504 e. The molecule has 0 spiro atoms. The third-order valence-electron chi connectivity index (χ3n) is 2.70. The highest BCUT2D eigenvalue weighted by Crippen LogP contribution is 1.92. The third-order valence-corrected chi connectivity index (χ3v) is 2.70. The van der Waals surface area contributed by atoms with Crippen LogP contribution >= 0.6 is 0 Å². The predicted octanol–water partition coefficient (Wildman–Crippen LogP) is -0.814. The second-order valence-corrected chi connectivity index (χ2v) is 4.62. The van der Waals surface area contributed by atoms with Crippen LogP contribution in [0.2, 0.25) is 0 Å². The molecule has 0 unspecified atom stereocenters. The predicted molar refractivity (Wildman–Crippen MR) is 84.4 cm³/mol. The van der Waals surface area contributed by atoms with Gasteiger partial charge in [0.25, 0.3) is 5.91 Å². The van der Waals surface area contributed by atoms with Crippen LogP contribution in [0.3, 0.4) is 0 Å². The molecular formula is C14H26N4O5. The molecule has 0 atom stereocenters. The lowest BCUT2D eigenvalue weighted by molar-refractivity contribution is -0.144. The van der Waals surface area contributed by atoms with Crippen LogP contribution in [0.1, 0.15) is 13.8 Å². The highest BCUT2D eigenvalue weighted by molar-refractivity contribution is 6.03. The number of nitrogens with one attached hydrogen (secondary N) is 2. The number of rotatable bonds is 10. The summed E-state index contributed by atoms with van der Waals surface area (Å²) in [6, 6.07) is -0.623. The number of ether oxygens (including phenoxy) is 2. The zero-order valence-electron chi connectivity index (χ0n) is 13.9. The van der Waals surface area contributed by atoms with Crippen molar-refractivity contribution >= 4 is 17.9 Å². The standard InChI is InChI=1S/C14H26N4O5/c1-4-23-12(19)9-18(7-5-15)8-6-16-14(21)17-13(20)11(2)10-22-3/h10H,4-9,15H2,1-3H3,(H2,16,17,20,21). The topological polar surface area (TPSA) is 123 Å². The number of esters is 1. The number of nitrogens with two attached hydrogens (primary N) is 1. The summed E-state index contributed by atoms with van der Waals surface area (Å²) in [6.45, 7) is 5.20. The SMILES string of the molecule is CCOC(=O)CN(CCN)CCNC(=O)NC(=O)C(C)=COC. The molecule has 3 amide bonds. The Morgan fingerprint density at radius 3 is 2.52 bits per heavy atom. The van der Waals surface area contributed by atoms with Crippen molar-refractivity contribution < 1.29 is 23.9 Å². The maximum Gasteiger partial charge on any atom is 0.321 e. The number of nitrogens with zero attached hydrogens (tertiary/aromatic N) is 1. The molecule has 0 aromatic heterocycles. The van der Waals surface area contributed by atoms with Crippen LogP contribution in [-0.4, -0.2) is 69.2 Å². The fourth-order valence-corrected chi connectivity index (χ4v) is 1.65. The Balaban J connectivity index is 4.17. The summed E-state index contributed by atoms with van der Waals surface area (Å²) in [5.41, 5.74) is 5.75. The molecule has 0 rings (SSSR count). The van der Waals surface area contributed by atoms with Crippen LogP contribution in [0.15, 0.2) is 11.8 Å². The largest absolute Gasteiger partial charge is 0.504 e. The Kier molecular flexibility index (Phi) is 11.3. The minimum absolute atomic E-state index is 0.100. The normalized spacial score (nSPS) is 11.1. The summed E-state index contributed by atoms with van der Waals surface area (Å²) >= 11 is 0. The van der Waals surface area contributed by atoms with Gasteiger partial charge < -0.3 is 20.5 Å². The highest BCUT2D eigenvalue weighted by atomic mass is 16.5. The smallest absolute Gasteiger partial charge is 0.321 e. The summed E-state index contributed by atoms with van der Waals surface area (Å²) in [5.74, 6) is -0.893. The van der Waals surface area contributed by atoms with Gasteiger partial charge in [-0.1, -0.05) is 0 Å². The van der Waals surface area contributed by atoms with Gasteiger partial charge in [-0.05, 0) is 13.8 Å². The zero-order chi connectivity index (χ0) is 17.7. The fourth-order valence-electron chi connectivity index (χ4n) is 1.65. The second kappa shape index (κ2) is 12.4. The number of amides is 3. The molecule has 0 fully saturated rings. The van der Waals surface area contributed by atoms with Crippen molar-refractivity contribution in [1.29, 1.82) is 0 Å². The summed E-state index contributed by atoms with van der Waals surface area (Å²) in [6.07, 6.45) is 1.24. The van der Waals surface area contributed by atoms with Crippen molar-refractivity contribution in [3.63, 3.8) is 0 Å². The first-order chi connectivity index (χ1) is 10.9. The van der Waals surface area contributed by atoms with Crippen molar-refractivity contribution in [3.8, 4) is 0 Å². The first kappa shape index (κ1) is 20.9. The van der Waals surface area contributed by atoms with E-state index in [1.807, 2.05) is 0 Å². The molecule has 0 heterocycles. The molecular weight excluding hydrogens is 304 g/mol. The molecule has 0 aliphatic rings. The van der Waals surface area contributed by atoms with E-state index >= 15 is 0 Å². The quantitative estimate of drug-likeness (QED) is 0.272. The van der Waals surface area contributed by atoms with Crippen molar-refractivity contribution in [2.75, 3.05) is 46.4 Å². The Morgan fingerprint density at radius 1 is 1.26 bits per heavy atom. The average Bonchev–Trinajstić information content (AvgIpc) is 2.47. The Labute approximate surface area is 136 Å². The van der Waals surface area contributed by atoms with Crippen molar-refractivity contribution in [2.24, 2.45) is 5.73 Å². The van der Waals surface area contributed by atoms with Gasteiger partial charge >= 0.3 is 12.0 Å². The van der Waals surface area contributed by atoms with E-state index in [0.717, 1.165) is 0 Å². The van der Waals surface area contributed by atoms with Crippen LogP contribution in [0.4, 0.5) is 4.79 Å². The van der Waals surface area contributed by atoms with E-state index in [0.29, 0.717) is 26.2 Å². The van der Waals surface area contributed by atoms with E-state index in [1.54, 1.807) is 11.8 Å². The van der Waals surface area contributed by atoms with E-state index in [1.165, 1.54) is 20.3 Å². The number of urea groups is 1. The molecule has 4 N–H and O–H groups in total. The zero-order valence-corrected chi connectivity index (χ0v) is 13.9. The van der Waals surface area contributed by atoms with Gasteiger partial charge in [0.1, 0.15) is 0 Å². The van der Waals surface area contributed by atoms with Gasteiger partial charge in [-0.15, -0.1) is 0 Å². The molecule has 23 heavy (non-hydrogen) atoms. The lowest BCUT2D eigenvalue weighted by Gasteiger charge is -2.20. The summed E-state index contributed by atoms with van der Waals surface area (Å²) < 4.78 is 9.55. The number of imide groups is 1. The second-order valence-electron chi connectivity index (χ2n) is 4.62. The van der Waals surface area contributed by atoms with Gasteiger partial charge in [-0.2, -0.15) is 0 Å². The monoisotopic (exact) mass is 330 g/mol. The molecule has 0 bridgehead atoms. The van der Waals surface area contributed by atoms with Gasteiger partial charge in [0.2, 0.25) is 0 Å². The summed E-state index contributed by atoms with van der Waals surface area (Å²) in [4.78, 5) is 36.3. The van der Waals surface area contributed by atoms with Gasteiger partial charge in [0.15, 0.2) is 0 Å². The molecule has 0 aliphatic carbocycles. The average molecular weight is 330 g/mol. The van der Waals surface area contributed by atoms with Gasteiger partial charge in [-0.3, -0.25) is 19.8 Å². The lowest BCUT2D eigenvalue weighted by Crippen LogP contribution is -2.44. The molecule has 9 nitrogen and oxygen atoms in total. The van der Waals surface area contributed by atoms with Crippen molar-refractivity contribution in [3.05, 3.63) is 11.8 Å². The number of carbonyl (C=O) groups excluding carboxylic acids is 3. The molecule has 0 aromatic carbocycles. The van der Waals surface area contributed by atoms with Gasteiger partial charge in [-0.25, -0.2) is 4.79 Å². The van der Waals surface area contributed by atoms with E-state index in [4.69, 9.17) is 10.5 Å². The van der Waals surface area contributed by atoms with Crippen LogP contribution in [0.25, 0.3) is 0 Å². The Bertz CT molecular complexity index is 425. The molecule has 0 radical (unpaired) electrons. The van der Waals surface area contributed by atoms with Crippen LogP contribution in [0.5, 0.6) is 0 Å². The summed E-state index contributed by atoms with van der Waals surface area (Å²) in [7, 11) is 1.41. The van der Waals surface area contributed by atoms with E-state index in [2.05, 4.69) is 15.4 Å². The van der Waals surface area contributed by atoms with Crippen LogP contribution < -0.4 is 16.4 Å². The molecule has 132 valence electrons. The molecule has 0 saturated heterocycles. The van der Waals surface area contributed by atoms with Gasteiger partial charge in [0, 0.05) is 31.8 Å². The highest BCUT2D eigenvalue weighted by Gasteiger charge is 2.12. The molecule has 0 saturated carbocycles. The Morgan fingerprint density at radius 2 is 1.96 bits per heavy atom. The third kappa shape index (κ3) is 10.3. The number of hydrogen-bond acceptors (Lipinski definition) is 7.